The first-order chi connectivity index (χ1) is 9.84. The number of hydrogen-bond donors (Lipinski definition) is 0. The highest BCUT2D eigenvalue weighted by Gasteiger charge is 2.59. The van der Waals surface area contributed by atoms with Crippen LogP contribution in [0.3, 0.4) is 0 Å². The van der Waals surface area contributed by atoms with Crippen molar-refractivity contribution in [2.45, 2.75) is 44.7 Å². The number of alkyl halides is 3. The van der Waals surface area contributed by atoms with Gasteiger partial charge in [0.1, 0.15) is 0 Å². The molecule has 2 rings (SSSR count). The molecule has 1 unspecified atom stereocenters. The minimum atomic E-state index is -5.38. The molecule has 1 aliphatic rings. The van der Waals surface area contributed by atoms with Gasteiger partial charge in [-0.1, -0.05) is 5.16 Å². The lowest BCUT2D eigenvalue weighted by atomic mass is 10.1. The van der Waals surface area contributed by atoms with Gasteiger partial charge in [0, 0.05) is 12.7 Å². The lowest BCUT2D eigenvalue weighted by Crippen LogP contribution is -2.42. The fourth-order valence-corrected chi connectivity index (χ4v) is 3.72. The second kappa shape index (κ2) is 4.71. The van der Waals surface area contributed by atoms with Gasteiger partial charge in [0.05, 0.1) is 11.3 Å². The average molecular weight is 339 g/mol. The highest BCUT2D eigenvalue weighted by atomic mass is 32.2. The van der Waals surface area contributed by atoms with E-state index in [0.717, 1.165) is 4.68 Å². The summed E-state index contributed by atoms with van der Waals surface area (Å²) in [5.41, 5.74) is -2.56. The molecule has 1 aromatic heterocycles. The second-order valence-corrected chi connectivity index (χ2v) is 7.61. The highest BCUT2D eigenvalue weighted by molar-refractivity contribution is 8.07. The van der Waals surface area contributed by atoms with Crippen LogP contribution < -0.4 is 0 Å². The summed E-state index contributed by atoms with van der Waals surface area (Å²) in [5, 5.41) is 1.16. The summed E-state index contributed by atoms with van der Waals surface area (Å²) in [5.74, 6) is 0. The number of halogens is 3. The van der Waals surface area contributed by atoms with Gasteiger partial charge in [0.25, 0.3) is 9.84 Å². The number of aryl methyl sites for hydroxylation is 2. The average Bonchev–Trinajstić information content (AvgIpc) is 2.77. The molecule has 10 heteroatoms. The summed E-state index contributed by atoms with van der Waals surface area (Å²) < 4.78 is 68.9. The predicted octanol–water partition coefficient (Wildman–Crippen LogP) is 1.96. The summed E-state index contributed by atoms with van der Waals surface area (Å²) in [6.45, 7) is 5.02. The van der Waals surface area contributed by atoms with Gasteiger partial charge < -0.3 is 4.84 Å². The number of aromatic nitrogens is 2. The summed E-state index contributed by atoms with van der Waals surface area (Å²) in [6, 6.07) is 0. The van der Waals surface area contributed by atoms with Crippen molar-refractivity contribution >= 4 is 14.9 Å². The van der Waals surface area contributed by atoms with Crippen LogP contribution in [0.5, 0.6) is 0 Å². The van der Waals surface area contributed by atoms with Crippen molar-refractivity contribution in [3.05, 3.63) is 17.0 Å². The Balaban J connectivity index is 2.58. The summed E-state index contributed by atoms with van der Waals surface area (Å²) >= 11 is 0. The molecule has 0 saturated carbocycles. The lowest BCUT2D eigenvalue weighted by Gasteiger charge is -2.21. The maximum Gasteiger partial charge on any atom is 0.380 e. The molecule has 0 aliphatic carbocycles. The molecule has 1 atom stereocenters. The van der Waals surface area contributed by atoms with E-state index >= 15 is 0 Å². The number of rotatable bonds is 2. The largest absolute Gasteiger partial charge is 0.385 e. The molecule has 22 heavy (non-hydrogen) atoms. The molecule has 0 fully saturated rings. The first-order valence-corrected chi connectivity index (χ1v) is 7.85. The Labute approximate surface area is 125 Å². The van der Waals surface area contributed by atoms with E-state index in [0.29, 0.717) is 0 Å². The van der Waals surface area contributed by atoms with Crippen LogP contribution in [0.2, 0.25) is 0 Å². The predicted molar refractivity (Wildman–Crippen MR) is 73.0 cm³/mol. The summed E-state index contributed by atoms with van der Waals surface area (Å²) in [6.07, 6.45) is -2.28. The van der Waals surface area contributed by atoms with Gasteiger partial charge in [-0.3, -0.25) is 4.68 Å². The molecule has 124 valence electrons. The van der Waals surface area contributed by atoms with Crippen molar-refractivity contribution in [2.24, 2.45) is 12.2 Å². The van der Waals surface area contributed by atoms with Crippen LogP contribution in [0.25, 0.3) is 0 Å². The number of oxime groups is 1. The smallest absolute Gasteiger partial charge is 0.380 e. The molecule has 2 heterocycles. The van der Waals surface area contributed by atoms with E-state index in [1.54, 1.807) is 0 Å². The molecule has 0 aromatic carbocycles. The summed E-state index contributed by atoms with van der Waals surface area (Å²) in [4.78, 5) is 4.63. The minimum Gasteiger partial charge on any atom is -0.385 e. The third-order valence-electron chi connectivity index (χ3n) is 3.61. The van der Waals surface area contributed by atoms with E-state index in [2.05, 4.69) is 15.1 Å². The van der Waals surface area contributed by atoms with Crippen LogP contribution in [0.15, 0.2) is 5.16 Å². The van der Waals surface area contributed by atoms with Crippen LogP contribution in [0.4, 0.5) is 13.2 Å². The Hall–Kier alpha value is -1.58. The van der Waals surface area contributed by atoms with Crippen LogP contribution >= 0.6 is 0 Å². The van der Waals surface area contributed by atoms with Crippen molar-refractivity contribution in [3.8, 4) is 0 Å². The molecule has 0 radical (unpaired) electrons. The zero-order chi connectivity index (χ0) is 17.1. The van der Waals surface area contributed by atoms with Crippen molar-refractivity contribution in [1.82, 2.24) is 9.78 Å². The van der Waals surface area contributed by atoms with E-state index < -0.39 is 37.5 Å². The first-order valence-electron chi connectivity index (χ1n) is 6.37. The van der Waals surface area contributed by atoms with Crippen molar-refractivity contribution in [2.75, 3.05) is 0 Å². The van der Waals surface area contributed by atoms with Gasteiger partial charge in [-0.25, -0.2) is 12.8 Å². The minimum absolute atomic E-state index is 0.0275. The molecule has 0 N–H and O–H groups in total. The van der Waals surface area contributed by atoms with E-state index in [-0.39, 0.29) is 11.4 Å². The van der Waals surface area contributed by atoms with Crippen molar-refractivity contribution < 1.29 is 26.4 Å². The van der Waals surface area contributed by atoms with E-state index in [9.17, 15) is 21.6 Å². The molecule has 0 bridgehead atoms. The molecule has 1 aliphatic heterocycles. The van der Waals surface area contributed by atoms with Gasteiger partial charge in [-0.15, -0.1) is 0 Å². The van der Waals surface area contributed by atoms with Crippen LogP contribution in [0.1, 0.15) is 30.8 Å². The maximum atomic E-state index is 14.6. The monoisotopic (exact) mass is 339 g/mol. The maximum absolute atomic E-state index is 14.6. The first kappa shape index (κ1) is 16.8. The highest BCUT2D eigenvalue weighted by Crippen LogP contribution is 2.42. The van der Waals surface area contributed by atoms with Gasteiger partial charge in [0.15, 0.2) is 11.8 Å². The van der Waals surface area contributed by atoms with Gasteiger partial charge >= 0.3 is 5.25 Å². The molecular weight excluding hydrogens is 323 g/mol. The molecular formula is C12H16F3N3O3S. The van der Waals surface area contributed by atoms with Crippen LogP contribution in [0, 0.1) is 13.8 Å². The van der Waals surface area contributed by atoms with Gasteiger partial charge in [-0.05, 0) is 27.7 Å². The number of nitrogens with zero attached hydrogens (tertiary/aromatic N) is 3. The Morgan fingerprint density at radius 3 is 2.23 bits per heavy atom. The molecule has 0 amide bonds. The fourth-order valence-electron chi connectivity index (χ4n) is 2.20. The van der Waals surface area contributed by atoms with Crippen LogP contribution in [-0.4, -0.2) is 35.0 Å². The van der Waals surface area contributed by atoms with E-state index in [4.69, 9.17) is 0 Å². The third-order valence-corrected chi connectivity index (χ3v) is 5.32. The van der Waals surface area contributed by atoms with Crippen molar-refractivity contribution in [3.63, 3.8) is 0 Å². The SMILES string of the molecule is Cc1nn(C)c(C)c1C(F)(F)S(=O)(=O)C1=NOC(C)(C)C1F. The third kappa shape index (κ3) is 2.11. The van der Waals surface area contributed by atoms with Gasteiger partial charge in [0.2, 0.25) is 5.04 Å². The lowest BCUT2D eigenvalue weighted by molar-refractivity contribution is -0.0232. The quantitative estimate of drug-likeness (QED) is 0.826. The topological polar surface area (TPSA) is 73.5 Å². The number of sulfone groups is 1. The van der Waals surface area contributed by atoms with Gasteiger partial charge in [-0.2, -0.15) is 13.9 Å². The van der Waals surface area contributed by atoms with E-state index in [1.165, 1.54) is 34.7 Å². The van der Waals surface area contributed by atoms with Crippen LogP contribution in [-0.2, 0) is 27.0 Å². The Morgan fingerprint density at radius 2 is 1.86 bits per heavy atom. The zero-order valence-corrected chi connectivity index (χ0v) is 13.5. The summed E-state index contributed by atoms with van der Waals surface area (Å²) in [7, 11) is -3.97. The molecule has 0 saturated heterocycles. The normalized spacial score (nSPS) is 21.6. The second-order valence-electron chi connectivity index (χ2n) is 5.68. The number of hydrogen-bond acceptors (Lipinski definition) is 5. The fraction of sp³-hybridized carbons (Fsp3) is 0.667. The Morgan fingerprint density at radius 1 is 1.32 bits per heavy atom. The Bertz CT molecular complexity index is 753. The molecule has 6 nitrogen and oxygen atoms in total. The van der Waals surface area contributed by atoms with E-state index in [1.807, 2.05) is 0 Å². The standard InChI is InChI=1S/C12H16F3N3O3S/c1-6-8(7(2)18(5)16-6)12(14,15)22(19,20)10-9(13)11(3,4)21-17-10/h9H,1-5H3. The van der Waals surface area contributed by atoms with Crippen molar-refractivity contribution in [1.29, 1.82) is 0 Å². The molecule has 1 aromatic rings. The zero-order valence-electron chi connectivity index (χ0n) is 12.7. The Kier molecular flexibility index (Phi) is 3.59. The molecule has 0 spiro atoms.